The first-order chi connectivity index (χ1) is 12.4. The molecule has 1 aromatic carbocycles. The van der Waals surface area contributed by atoms with Crippen LogP contribution in [0.25, 0.3) is 11.0 Å². The van der Waals surface area contributed by atoms with Crippen molar-refractivity contribution >= 4 is 34.5 Å². The molecule has 0 atom stereocenters. The summed E-state index contributed by atoms with van der Waals surface area (Å²) in [5.41, 5.74) is 0.560. The molecule has 0 aliphatic heterocycles. The molecule has 1 saturated carbocycles. The lowest BCUT2D eigenvalue weighted by Crippen LogP contribution is -2.45. The van der Waals surface area contributed by atoms with E-state index in [1.54, 1.807) is 13.0 Å². The molecule has 0 unspecified atom stereocenters. The van der Waals surface area contributed by atoms with E-state index in [0.29, 0.717) is 11.0 Å². The molecular formula is C18H19ClN2O5. The van der Waals surface area contributed by atoms with Gasteiger partial charge in [-0.2, -0.15) is 0 Å². The fraction of sp³-hybridized carbons (Fsp3) is 0.389. The van der Waals surface area contributed by atoms with Crippen molar-refractivity contribution in [3.63, 3.8) is 0 Å². The average Bonchev–Trinajstić information content (AvgIpc) is 3.06. The smallest absolute Gasteiger partial charge is 0.336 e. The van der Waals surface area contributed by atoms with Gasteiger partial charge in [0.1, 0.15) is 11.3 Å². The number of fused-ring (bicyclic) bond motifs is 1. The van der Waals surface area contributed by atoms with Crippen molar-refractivity contribution in [3.8, 4) is 5.75 Å². The molecule has 1 aromatic heterocycles. The van der Waals surface area contributed by atoms with Crippen molar-refractivity contribution in [2.75, 3.05) is 6.61 Å². The summed E-state index contributed by atoms with van der Waals surface area (Å²) in [7, 11) is 0. The number of benzene rings is 1. The molecule has 0 saturated heterocycles. The largest absolute Gasteiger partial charge is 0.482 e. The Morgan fingerprint density at radius 3 is 2.73 bits per heavy atom. The number of ether oxygens (including phenoxy) is 1. The third-order valence-electron chi connectivity index (χ3n) is 4.31. The van der Waals surface area contributed by atoms with E-state index in [9.17, 15) is 14.4 Å². The highest BCUT2D eigenvalue weighted by Crippen LogP contribution is 2.30. The van der Waals surface area contributed by atoms with Crippen LogP contribution in [0, 0.1) is 6.92 Å². The standard InChI is InChI=1S/C18H19ClN2O5/c1-10-6-17(23)26-14-8-15(13(19)7-12(10)14)25-9-16(22)21-18(24)20-11-4-2-3-5-11/h6-8,11H,2-5,9H2,1H3,(H2,20,21,22,24). The quantitative estimate of drug-likeness (QED) is 0.797. The van der Waals surface area contributed by atoms with Gasteiger partial charge in [-0.3, -0.25) is 10.1 Å². The van der Waals surface area contributed by atoms with E-state index in [-0.39, 0.29) is 23.4 Å². The molecule has 2 aromatic rings. The summed E-state index contributed by atoms with van der Waals surface area (Å²) in [6.07, 6.45) is 4.01. The summed E-state index contributed by atoms with van der Waals surface area (Å²) < 4.78 is 10.5. The van der Waals surface area contributed by atoms with E-state index >= 15 is 0 Å². The monoisotopic (exact) mass is 378 g/mol. The van der Waals surface area contributed by atoms with E-state index in [2.05, 4.69) is 10.6 Å². The van der Waals surface area contributed by atoms with Crippen LogP contribution in [0.15, 0.2) is 27.4 Å². The minimum atomic E-state index is -0.595. The maximum Gasteiger partial charge on any atom is 0.336 e. The van der Waals surface area contributed by atoms with Crippen LogP contribution in [0.2, 0.25) is 5.02 Å². The Hall–Kier alpha value is -2.54. The van der Waals surface area contributed by atoms with Crippen LogP contribution >= 0.6 is 11.6 Å². The summed E-state index contributed by atoms with van der Waals surface area (Å²) in [4.78, 5) is 35.1. The minimum Gasteiger partial charge on any atom is -0.482 e. The van der Waals surface area contributed by atoms with Crippen molar-refractivity contribution in [1.29, 1.82) is 0 Å². The first-order valence-corrected chi connectivity index (χ1v) is 8.77. The van der Waals surface area contributed by atoms with Gasteiger partial charge in [-0.1, -0.05) is 24.4 Å². The predicted molar refractivity (Wildman–Crippen MR) is 96.7 cm³/mol. The van der Waals surface area contributed by atoms with Gasteiger partial charge in [0.15, 0.2) is 6.61 Å². The van der Waals surface area contributed by atoms with Crippen molar-refractivity contribution < 1.29 is 18.7 Å². The van der Waals surface area contributed by atoms with E-state index in [1.165, 1.54) is 12.1 Å². The SMILES string of the molecule is Cc1cc(=O)oc2cc(OCC(=O)NC(=O)NC3CCCC3)c(Cl)cc12. The second-order valence-corrected chi connectivity index (χ2v) is 6.73. The van der Waals surface area contributed by atoms with Crippen LogP contribution in [0.4, 0.5) is 4.79 Å². The Bertz CT molecular complexity index is 902. The number of hydrogen-bond donors (Lipinski definition) is 2. The molecule has 8 heteroatoms. The minimum absolute atomic E-state index is 0.116. The summed E-state index contributed by atoms with van der Waals surface area (Å²) in [5.74, 6) is -0.401. The highest BCUT2D eigenvalue weighted by Gasteiger charge is 2.18. The number of aryl methyl sites for hydroxylation is 1. The lowest BCUT2D eigenvalue weighted by Gasteiger charge is -2.13. The van der Waals surface area contributed by atoms with Crippen LogP contribution in [-0.2, 0) is 4.79 Å². The Morgan fingerprint density at radius 2 is 2.00 bits per heavy atom. The molecular weight excluding hydrogens is 360 g/mol. The normalized spacial score (nSPS) is 14.4. The van der Waals surface area contributed by atoms with Gasteiger partial charge in [0.2, 0.25) is 0 Å². The Kier molecular flexibility index (Phi) is 5.46. The molecule has 3 rings (SSSR count). The number of halogens is 1. The Labute approximate surface area is 154 Å². The zero-order valence-corrected chi connectivity index (χ0v) is 15.0. The Morgan fingerprint density at radius 1 is 1.27 bits per heavy atom. The first-order valence-electron chi connectivity index (χ1n) is 8.39. The maximum absolute atomic E-state index is 11.9. The number of nitrogens with one attached hydrogen (secondary N) is 2. The summed E-state index contributed by atoms with van der Waals surface area (Å²) in [6, 6.07) is 4.02. The molecule has 0 spiro atoms. The lowest BCUT2D eigenvalue weighted by atomic mass is 10.1. The molecule has 1 aliphatic rings. The first kappa shape index (κ1) is 18.3. The van der Waals surface area contributed by atoms with Crippen molar-refractivity contribution in [3.05, 3.63) is 39.2 Å². The summed E-state index contributed by atoms with van der Waals surface area (Å²) >= 11 is 6.16. The molecule has 1 aliphatic carbocycles. The average molecular weight is 379 g/mol. The second kappa shape index (κ2) is 7.78. The number of hydrogen-bond acceptors (Lipinski definition) is 5. The van der Waals surface area contributed by atoms with Crippen LogP contribution < -0.4 is 21.0 Å². The molecule has 1 fully saturated rings. The van der Waals surface area contributed by atoms with E-state index in [1.807, 2.05) is 0 Å². The number of rotatable bonds is 4. The zero-order valence-electron chi connectivity index (χ0n) is 14.3. The topological polar surface area (TPSA) is 97.6 Å². The number of imide groups is 1. The third kappa shape index (κ3) is 4.35. The van der Waals surface area contributed by atoms with Crippen LogP contribution in [0.1, 0.15) is 31.2 Å². The van der Waals surface area contributed by atoms with Gasteiger partial charge in [0.25, 0.3) is 5.91 Å². The lowest BCUT2D eigenvalue weighted by molar-refractivity contribution is -0.122. The molecule has 3 amide bonds. The molecule has 2 N–H and O–H groups in total. The van der Waals surface area contributed by atoms with Gasteiger partial charge >= 0.3 is 11.7 Å². The van der Waals surface area contributed by atoms with Crippen molar-refractivity contribution in [1.82, 2.24) is 10.6 Å². The number of carbonyl (C=O) groups excluding carboxylic acids is 2. The van der Waals surface area contributed by atoms with E-state index < -0.39 is 17.6 Å². The maximum atomic E-state index is 11.9. The van der Waals surface area contributed by atoms with Crippen molar-refractivity contribution in [2.24, 2.45) is 0 Å². The molecule has 0 radical (unpaired) electrons. The molecule has 26 heavy (non-hydrogen) atoms. The highest BCUT2D eigenvalue weighted by molar-refractivity contribution is 6.32. The zero-order chi connectivity index (χ0) is 18.7. The van der Waals surface area contributed by atoms with E-state index in [4.69, 9.17) is 20.8 Å². The second-order valence-electron chi connectivity index (χ2n) is 6.32. The number of amides is 3. The van der Waals surface area contributed by atoms with Gasteiger partial charge in [-0.05, 0) is 31.4 Å². The van der Waals surface area contributed by atoms with Gasteiger partial charge in [0.05, 0.1) is 5.02 Å². The fourth-order valence-corrected chi connectivity index (χ4v) is 3.25. The van der Waals surface area contributed by atoms with Gasteiger partial charge in [-0.25, -0.2) is 9.59 Å². The highest BCUT2D eigenvalue weighted by atomic mass is 35.5. The van der Waals surface area contributed by atoms with Crippen LogP contribution in [0.3, 0.4) is 0 Å². The third-order valence-corrected chi connectivity index (χ3v) is 4.60. The van der Waals surface area contributed by atoms with E-state index in [0.717, 1.165) is 31.2 Å². The molecule has 138 valence electrons. The molecule has 0 bridgehead atoms. The van der Waals surface area contributed by atoms with Gasteiger partial charge < -0.3 is 14.5 Å². The van der Waals surface area contributed by atoms with Crippen LogP contribution in [0.5, 0.6) is 5.75 Å². The Balaban J connectivity index is 1.61. The van der Waals surface area contributed by atoms with Crippen LogP contribution in [-0.4, -0.2) is 24.6 Å². The van der Waals surface area contributed by atoms with Gasteiger partial charge in [-0.15, -0.1) is 0 Å². The number of carbonyl (C=O) groups is 2. The van der Waals surface area contributed by atoms with Gasteiger partial charge in [0, 0.05) is 23.6 Å². The summed E-state index contributed by atoms with van der Waals surface area (Å²) in [6.45, 7) is 1.38. The molecule has 7 nitrogen and oxygen atoms in total. The summed E-state index contributed by atoms with van der Waals surface area (Å²) in [5, 5.41) is 5.93. The number of urea groups is 1. The predicted octanol–water partition coefficient (Wildman–Crippen LogP) is 2.90. The molecule has 1 heterocycles. The van der Waals surface area contributed by atoms with Crippen molar-refractivity contribution in [2.45, 2.75) is 38.6 Å². The fourth-order valence-electron chi connectivity index (χ4n) is 3.03.